The average molecular weight is 368 g/mol. The van der Waals surface area contributed by atoms with Gasteiger partial charge in [-0.3, -0.25) is 4.79 Å². The van der Waals surface area contributed by atoms with E-state index in [9.17, 15) is 19.1 Å². The SMILES string of the molecule is COc1ccc(Cl)cc1C(=O)NCCc1ccc(P(=O)([O-])[O-])cc1. The molecule has 0 bridgehead atoms. The van der Waals surface area contributed by atoms with Crippen LogP contribution in [0.25, 0.3) is 0 Å². The molecule has 0 saturated carbocycles. The minimum Gasteiger partial charge on any atom is -0.807 e. The summed E-state index contributed by atoms with van der Waals surface area (Å²) < 4.78 is 16.0. The lowest BCUT2D eigenvalue weighted by Gasteiger charge is -2.29. The first-order chi connectivity index (χ1) is 11.3. The molecule has 1 N–H and O–H groups in total. The Kier molecular flexibility index (Phi) is 6.02. The number of nitrogens with one attached hydrogen (secondary N) is 1. The highest BCUT2D eigenvalue weighted by Gasteiger charge is 2.12. The van der Waals surface area contributed by atoms with E-state index in [4.69, 9.17) is 16.3 Å². The van der Waals surface area contributed by atoms with Gasteiger partial charge < -0.3 is 24.4 Å². The van der Waals surface area contributed by atoms with Crippen molar-refractivity contribution >= 4 is 30.4 Å². The van der Waals surface area contributed by atoms with Gasteiger partial charge in [-0.25, -0.2) is 0 Å². The van der Waals surface area contributed by atoms with Crippen LogP contribution in [0, 0.1) is 0 Å². The molecule has 0 spiro atoms. The van der Waals surface area contributed by atoms with E-state index in [1.54, 1.807) is 24.3 Å². The molecule has 2 aromatic rings. The predicted molar refractivity (Wildman–Crippen MR) is 87.7 cm³/mol. The molecule has 0 fully saturated rings. The van der Waals surface area contributed by atoms with Crippen LogP contribution in [0.5, 0.6) is 5.75 Å². The number of carbonyl (C=O) groups is 1. The van der Waals surface area contributed by atoms with Crippen LogP contribution >= 0.6 is 19.2 Å². The van der Waals surface area contributed by atoms with Crippen molar-refractivity contribution in [3.63, 3.8) is 0 Å². The monoisotopic (exact) mass is 367 g/mol. The lowest BCUT2D eigenvalue weighted by Crippen LogP contribution is -2.26. The molecule has 1 amide bonds. The van der Waals surface area contributed by atoms with E-state index < -0.39 is 7.60 Å². The van der Waals surface area contributed by atoms with Crippen molar-refractivity contribution in [3.8, 4) is 5.75 Å². The zero-order chi connectivity index (χ0) is 17.7. The maximum absolute atomic E-state index is 12.2. The van der Waals surface area contributed by atoms with Crippen molar-refractivity contribution < 1.29 is 23.9 Å². The van der Waals surface area contributed by atoms with Gasteiger partial charge in [-0.15, -0.1) is 0 Å². The molecule has 0 aliphatic heterocycles. The van der Waals surface area contributed by atoms with Gasteiger partial charge in [0.2, 0.25) is 0 Å². The summed E-state index contributed by atoms with van der Waals surface area (Å²) in [6.07, 6.45) is 0.483. The molecule has 24 heavy (non-hydrogen) atoms. The summed E-state index contributed by atoms with van der Waals surface area (Å²) in [5.74, 6) is 0.0949. The highest BCUT2D eigenvalue weighted by Crippen LogP contribution is 2.23. The number of methoxy groups -OCH3 is 1. The minimum atomic E-state index is -4.73. The number of amides is 1. The third-order valence-corrected chi connectivity index (χ3v) is 4.52. The summed E-state index contributed by atoms with van der Waals surface area (Å²) in [6.45, 7) is 0.334. The topological polar surface area (TPSA) is 102 Å². The van der Waals surface area contributed by atoms with Crippen LogP contribution in [0.1, 0.15) is 15.9 Å². The summed E-state index contributed by atoms with van der Waals surface area (Å²) in [6, 6.07) is 10.4. The predicted octanol–water partition coefficient (Wildman–Crippen LogP) is 0.860. The van der Waals surface area contributed by atoms with Crippen LogP contribution in [0.15, 0.2) is 42.5 Å². The molecule has 2 rings (SSSR count). The van der Waals surface area contributed by atoms with Crippen LogP contribution in [0.2, 0.25) is 5.02 Å². The number of hydrogen-bond acceptors (Lipinski definition) is 5. The first-order valence-electron chi connectivity index (χ1n) is 7.04. The van der Waals surface area contributed by atoms with E-state index in [1.807, 2.05) is 0 Å². The second-order valence-electron chi connectivity index (χ2n) is 5.01. The van der Waals surface area contributed by atoms with E-state index in [0.717, 1.165) is 5.56 Å². The second-order valence-corrected chi connectivity index (χ2v) is 6.96. The summed E-state index contributed by atoms with van der Waals surface area (Å²) in [5, 5.41) is 2.91. The van der Waals surface area contributed by atoms with Crippen LogP contribution in [-0.4, -0.2) is 19.6 Å². The Bertz CT molecular complexity index is 773. The summed E-state index contributed by atoms with van der Waals surface area (Å²) in [4.78, 5) is 34.0. The van der Waals surface area contributed by atoms with E-state index in [2.05, 4.69) is 5.32 Å². The zero-order valence-electron chi connectivity index (χ0n) is 12.8. The molecule has 0 atom stereocenters. The Morgan fingerprint density at radius 2 is 1.88 bits per heavy atom. The van der Waals surface area contributed by atoms with Crippen LogP contribution in [-0.2, 0) is 11.0 Å². The number of ether oxygens (including phenoxy) is 1. The Morgan fingerprint density at radius 1 is 1.21 bits per heavy atom. The van der Waals surface area contributed by atoms with Crippen LogP contribution < -0.4 is 25.1 Å². The van der Waals surface area contributed by atoms with Crippen molar-refractivity contribution in [1.29, 1.82) is 0 Å². The molecule has 0 aliphatic rings. The minimum absolute atomic E-state index is 0.251. The molecule has 0 radical (unpaired) electrons. The lowest BCUT2D eigenvalue weighted by molar-refractivity contribution is -0.307. The summed E-state index contributed by atoms with van der Waals surface area (Å²) in [7, 11) is -3.26. The van der Waals surface area contributed by atoms with E-state index in [0.29, 0.717) is 29.3 Å². The number of benzene rings is 2. The van der Waals surface area contributed by atoms with Crippen molar-refractivity contribution in [3.05, 3.63) is 58.6 Å². The molecular formula is C16H15ClNO5P-2. The van der Waals surface area contributed by atoms with Gasteiger partial charge in [0.05, 0.1) is 12.7 Å². The number of hydrogen-bond donors (Lipinski definition) is 1. The van der Waals surface area contributed by atoms with Crippen molar-refractivity contribution in [2.75, 3.05) is 13.7 Å². The van der Waals surface area contributed by atoms with Gasteiger partial charge in [-0.2, -0.15) is 0 Å². The van der Waals surface area contributed by atoms with Gasteiger partial charge in [-0.1, -0.05) is 35.9 Å². The quantitative estimate of drug-likeness (QED) is 0.763. The maximum atomic E-state index is 12.2. The first-order valence-corrected chi connectivity index (χ1v) is 8.96. The molecule has 0 aliphatic carbocycles. The summed E-state index contributed by atoms with van der Waals surface area (Å²) in [5.41, 5.74) is 1.13. The Hall–Kier alpha value is -1.85. The third-order valence-electron chi connectivity index (χ3n) is 3.36. The fourth-order valence-corrected chi connectivity index (χ4v) is 2.80. The molecule has 128 valence electrons. The number of halogens is 1. The molecular weight excluding hydrogens is 353 g/mol. The van der Waals surface area contributed by atoms with Gasteiger partial charge in [0.15, 0.2) is 0 Å². The smallest absolute Gasteiger partial charge is 0.255 e. The fourth-order valence-electron chi connectivity index (χ4n) is 2.12. The molecule has 0 saturated heterocycles. The van der Waals surface area contributed by atoms with Gasteiger partial charge in [0.1, 0.15) is 5.75 Å². The summed E-state index contributed by atoms with van der Waals surface area (Å²) >= 11 is 5.89. The maximum Gasteiger partial charge on any atom is 0.255 e. The van der Waals surface area contributed by atoms with Gasteiger partial charge in [-0.05, 0) is 43.1 Å². The van der Waals surface area contributed by atoms with Crippen molar-refractivity contribution in [1.82, 2.24) is 5.32 Å². The fraction of sp³-hybridized carbons (Fsp3) is 0.188. The van der Waals surface area contributed by atoms with Crippen molar-refractivity contribution in [2.24, 2.45) is 0 Å². The second kappa shape index (κ2) is 7.81. The van der Waals surface area contributed by atoms with E-state index in [1.165, 1.54) is 25.3 Å². The average Bonchev–Trinajstić information content (AvgIpc) is 2.54. The molecule has 8 heteroatoms. The highest BCUT2D eigenvalue weighted by atomic mass is 35.5. The lowest BCUT2D eigenvalue weighted by atomic mass is 10.1. The van der Waals surface area contributed by atoms with Gasteiger partial charge in [0.25, 0.3) is 5.91 Å². The Labute approximate surface area is 144 Å². The molecule has 6 nitrogen and oxygen atoms in total. The van der Waals surface area contributed by atoms with Crippen LogP contribution in [0.3, 0.4) is 0 Å². The zero-order valence-corrected chi connectivity index (χ0v) is 14.5. The van der Waals surface area contributed by atoms with E-state index in [-0.39, 0.29) is 11.2 Å². The highest BCUT2D eigenvalue weighted by molar-refractivity contribution is 7.57. The van der Waals surface area contributed by atoms with Gasteiger partial charge >= 0.3 is 0 Å². The Morgan fingerprint density at radius 3 is 2.46 bits per heavy atom. The largest absolute Gasteiger partial charge is 0.807 e. The first kappa shape index (κ1) is 18.5. The molecule has 0 aromatic heterocycles. The van der Waals surface area contributed by atoms with E-state index >= 15 is 0 Å². The number of carbonyl (C=O) groups excluding carboxylic acids is 1. The molecule has 0 unspecified atom stereocenters. The Balaban J connectivity index is 1.96. The normalized spacial score (nSPS) is 11.2. The molecule has 2 aromatic carbocycles. The number of rotatable bonds is 6. The molecule has 0 heterocycles. The van der Waals surface area contributed by atoms with Crippen molar-refractivity contribution in [2.45, 2.75) is 6.42 Å². The third kappa shape index (κ3) is 4.82. The standard InChI is InChI=1S/C16H17ClNO5P/c1-23-15-7-4-12(17)10-14(15)16(19)18-9-8-11-2-5-13(6-3-11)24(20,21)22/h2-7,10H,8-9H2,1H3,(H,18,19)(H2,20,21,22)/p-2. The van der Waals surface area contributed by atoms with Gasteiger partial charge in [0, 0.05) is 11.6 Å². The van der Waals surface area contributed by atoms with Crippen LogP contribution in [0.4, 0.5) is 0 Å².